The van der Waals surface area contributed by atoms with E-state index in [2.05, 4.69) is 44.0 Å². The Morgan fingerprint density at radius 2 is 1.33 bits per heavy atom. The summed E-state index contributed by atoms with van der Waals surface area (Å²) in [6.07, 6.45) is 8.37. The lowest BCUT2D eigenvalue weighted by atomic mass is 10.2. The zero-order valence-corrected chi connectivity index (χ0v) is 12.7. The highest BCUT2D eigenvalue weighted by molar-refractivity contribution is 9.09. The summed E-state index contributed by atoms with van der Waals surface area (Å²) in [4.78, 5) is 0. The second-order valence-electron chi connectivity index (χ2n) is 3.20. The van der Waals surface area contributed by atoms with Crippen LogP contribution < -0.4 is 0 Å². The van der Waals surface area contributed by atoms with Crippen LogP contribution in [0.15, 0.2) is 23.7 Å². The lowest BCUT2D eigenvalue weighted by Crippen LogP contribution is -1.95. The molecule has 0 aromatic heterocycles. The molecular formula is C12H20Br2O. The number of hydrogen-bond acceptors (Lipinski definition) is 1. The van der Waals surface area contributed by atoms with Crippen molar-refractivity contribution in [3.8, 4) is 0 Å². The van der Waals surface area contributed by atoms with Crippen molar-refractivity contribution in [3.05, 3.63) is 23.7 Å². The Hall–Kier alpha value is 0.240. The van der Waals surface area contributed by atoms with Gasteiger partial charge in [-0.05, 0) is 38.8 Å². The molecule has 0 aliphatic carbocycles. The monoisotopic (exact) mass is 338 g/mol. The van der Waals surface area contributed by atoms with Gasteiger partial charge in [0.05, 0.1) is 11.5 Å². The van der Waals surface area contributed by atoms with Crippen molar-refractivity contribution in [2.24, 2.45) is 0 Å². The molecule has 0 fully saturated rings. The van der Waals surface area contributed by atoms with Gasteiger partial charge >= 0.3 is 0 Å². The van der Waals surface area contributed by atoms with Crippen molar-refractivity contribution in [2.75, 3.05) is 10.7 Å². The van der Waals surface area contributed by atoms with Crippen LogP contribution in [0.5, 0.6) is 0 Å². The molecule has 0 aromatic rings. The predicted octanol–water partition coefficient (Wildman–Crippen LogP) is 5.16. The van der Waals surface area contributed by atoms with Crippen LogP contribution in [0.1, 0.15) is 39.5 Å². The van der Waals surface area contributed by atoms with Crippen LogP contribution in [0.2, 0.25) is 0 Å². The summed E-state index contributed by atoms with van der Waals surface area (Å²) in [6, 6.07) is 0. The first-order chi connectivity index (χ1) is 7.28. The van der Waals surface area contributed by atoms with E-state index in [1.165, 1.54) is 0 Å². The molecule has 0 aromatic carbocycles. The Balaban J connectivity index is 4.02. The molecule has 0 radical (unpaired) electrons. The van der Waals surface area contributed by atoms with Gasteiger partial charge in [-0.2, -0.15) is 0 Å². The molecule has 1 nitrogen and oxygen atoms in total. The smallest absolute Gasteiger partial charge is 0.0993 e. The molecule has 0 saturated heterocycles. The van der Waals surface area contributed by atoms with Crippen molar-refractivity contribution < 1.29 is 4.74 Å². The van der Waals surface area contributed by atoms with Gasteiger partial charge in [0.1, 0.15) is 0 Å². The van der Waals surface area contributed by atoms with Crippen molar-refractivity contribution >= 4 is 31.9 Å². The summed E-state index contributed by atoms with van der Waals surface area (Å²) in [5.74, 6) is 2.16. The normalized spacial score (nSPS) is 13.1. The first-order valence-electron chi connectivity index (χ1n) is 5.38. The Labute approximate surface area is 110 Å². The first-order valence-corrected chi connectivity index (χ1v) is 7.62. The fourth-order valence-corrected chi connectivity index (χ4v) is 1.72. The molecule has 3 heteroatoms. The van der Waals surface area contributed by atoms with Gasteiger partial charge in [0.15, 0.2) is 0 Å². The lowest BCUT2D eigenvalue weighted by molar-refractivity contribution is 0.274. The minimum Gasteiger partial charge on any atom is -0.467 e. The molecule has 15 heavy (non-hydrogen) atoms. The minimum atomic E-state index is 1.01. The van der Waals surface area contributed by atoms with Gasteiger partial charge in [-0.3, -0.25) is 0 Å². The molecule has 0 unspecified atom stereocenters. The molecule has 0 aliphatic heterocycles. The number of alkyl halides is 2. The average Bonchev–Trinajstić information content (AvgIpc) is 2.28. The molecule has 0 N–H and O–H groups in total. The third-order valence-electron chi connectivity index (χ3n) is 2.02. The summed E-state index contributed by atoms with van der Waals surface area (Å²) in [5.41, 5.74) is 0. The third kappa shape index (κ3) is 8.09. The van der Waals surface area contributed by atoms with E-state index in [0.29, 0.717) is 0 Å². The number of rotatable bonds is 8. The number of hydrogen-bond donors (Lipinski definition) is 0. The van der Waals surface area contributed by atoms with Gasteiger partial charge in [0.2, 0.25) is 0 Å². The maximum absolute atomic E-state index is 5.83. The van der Waals surface area contributed by atoms with Gasteiger partial charge in [-0.1, -0.05) is 31.9 Å². The van der Waals surface area contributed by atoms with Crippen molar-refractivity contribution in [3.63, 3.8) is 0 Å². The van der Waals surface area contributed by atoms with Crippen molar-refractivity contribution in [2.45, 2.75) is 39.5 Å². The van der Waals surface area contributed by atoms with Gasteiger partial charge < -0.3 is 4.74 Å². The summed E-state index contributed by atoms with van der Waals surface area (Å²) < 4.78 is 5.83. The largest absolute Gasteiger partial charge is 0.467 e. The standard InChI is InChI=1S/C12H20Br2O/c1-3-11(7-5-9-13)15-12(4-2)8-6-10-14/h3-4H,5-10H2,1-2H3. The fraction of sp³-hybridized carbons (Fsp3) is 0.667. The molecule has 0 spiro atoms. The molecule has 0 atom stereocenters. The van der Waals surface area contributed by atoms with Gasteiger partial charge in [-0.25, -0.2) is 0 Å². The van der Waals surface area contributed by atoms with E-state index in [1.807, 2.05) is 13.8 Å². The van der Waals surface area contributed by atoms with E-state index in [4.69, 9.17) is 4.74 Å². The Morgan fingerprint density at radius 1 is 0.933 bits per heavy atom. The maximum Gasteiger partial charge on any atom is 0.0993 e. The van der Waals surface area contributed by atoms with E-state index < -0.39 is 0 Å². The summed E-state index contributed by atoms with van der Waals surface area (Å²) in [5, 5.41) is 2.06. The lowest BCUT2D eigenvalue weighted by Gasteiger charge is -2.12. The van der Waals surface area contributed by atoms with Gasteiger partial charge in [0, 0.05) is 23.5 Å². The van der Waals surface area contributed by atoms with E-state index in [-0.39, 0.29) is 0 Å². The highest BCUT2D eigenvalue weighted by Gasteiger charge is 2.02. The van der Waals surface area contributed by atoms with E-state index >= 15 is 0 Å². The minimum absolute atomic E-state index is 1.01. The van der Waals surface area contributed by atoms with Crippen LogP contribution in [0.4, 0.5) is 0 Å². The molecule has 0 bridgehead atoms. The quantitative estimate of drug-likeness (QED) is 0.438. The molecule has 0 aliphatic rings. The van der Waals surface area contributed by atoms with Crippen LogP contribution in [-0.2, 0) is 4.74 Å². The number of halogens is 2. The van der Waals surface area contributed by atoms with E-state index in [9.17, 15) is 0 Å². The Morgan fingerprint density at radius 3 is 1.60 bits per heavy atom. The zero-order chi connectivity index (χ0) is 11.5. The maximum atomic E-state index is 5.83. The summed E-state index contributed by atoms with van der Waals surface area (Å²) in [6.45, 7) is 4.06. The van der Waals surface area contributed by atoms with Crippen LogP contribution in [0, 0.1) is 0 Å². The Bertz CT molecular complexity index is 188. The van der Waals surface area contributed by atoms with Crippen molar-refractivity contribution in [1.82, 2.24) is 0 Å². The predicted molar refractivity (Wildman–Crippen MR) is 74.7 cm³/mol. The first kappa shape index (κ1) is 15.2. The molecule has 88 valence electrons. The fourth-order valence-electron chi connectivity index (χ4n) is 1.16. The van der Waals surface area contributed by atoms with Gasteiger partial charge in [-0.15, -0.1) is 0 Å². The van der Waals surface area contributed by atoms with Crippen LogP contribution in [0.25, 0.3) is 0 Å². The molecule has 0 rings (SSSR count). The third-order valence-corrected chi connectivity index (χ3v) is 3.14. The summed E-state index contributed by atoms with van der Waals surface area (Å²) >= 11 is 6.86. The molecule has 0 amide bonds. The molecule has 0 heterocycles. The second kappa shape index (κ2) is 10.7. The van der Waals surface area contributed by atoms with E-state index in [1.54, 1.807) is 0 Å². The molecule has 0 saturated carbocycles. The SMILES string of the molecule is CC=C(CCCBr)OC(=CC)CCCBr. The average molecular weight is 340 g/mol. The van der Waals surface area contributed by atoms with Crippen molar-refractivity contribution in [1.29, 1.82) is 0 Å². The number of allylic oxidation sites excluding steroid dienone is 4. The highest BCUT2D eigenvalue weighted by atomic mass is 79.9. The Kier molecular flexibility index (Phi) is 10.9. The van der Waals surface area contributed by atoms with E-state index in [0.717, 1.165) is 47.9 Å². The molecular weight excluding hydrogens is 320 g/mol. The summed E-state index contributed by atoms with van der Waals surface area (Å²) in [7, 11) is 0. The highest BCUT2D eigenvalue weighted by Crippen LogP contribution is 2.17. The number of ether oxygens (including phenoxy) is 1. The van der Waals surface area contributed by atoms with Crippen LogP contribution in [-0.4, -0.2) is 10.7 Å². The van der Waals surface area contributed by atoms with Crippen LogP contribution >= 0.6 is 31.9 Å². The van der Waals surface area contributed by atoms with Gasteiger partial charge in [0.25, 0.3) is 0 Å². The van der Waals surface area contributed by atoms with Crippen LogP contribution in [0.3, 0.4) is 0 Å². The topological polar surface area (TPSA) is 9.23 Å². The zero-order valence-electron chi connectivity index (χ0n) is 9.56. The second-order valence-corrected chi connectivity index (χ2v) is 4.78.